The molecular formula is C17H24N2O3S. The first-order valence-corrected chi connectivity index (χ1v) is 9.09. The molecule has 1 saturated heterocycles. The van der Waals surface area contributed by atoms with Crippen LogP contribution in [0.25, 0.3) is 0 Å². The topological polar surface area (TPSA) is 58.6 Å². The van der Waals surface area contributed by atoms with Crippen LogP contribution in [0.1, 0.15) is 44.0 Å². The summed E-state index contributed by atoms with van der Waals surface area (Å²) in [5, 5.41) is 6.83. The van der Waals surface area contributed by atoms with Crippen LogP contribution in [0.2, 0.25) is 0 Å². The highest BCUT2D eigenvalue weighted by atomic mass is 32.1. The van der Waals surface area contributed by atoms with E-state index in [9.17, 15) is 9.59 Å². The minimum Gasteiger partial charge on any atom is -0.444 e. The van der Waals surface area contributed by atoms with Gasteiger partial charge in [-0.25, -0.2) is 4.79 Å². The summed E-state index contributed by atoms with van der Waals surface area (Å²) in [6, 6.07) is 1.98. The predicted molar refractivity (Wildman–Crippen MR) is 89.6 cm³/mol. The molecule has 5 nitrogen and oxygen atoms in total. The molecule has 0 radical (unpaired) electrons. The first-order chi connectivity index (χ1) is 10.8. The van der Waals surface area contributed by atoms with E-state index in [0.29, 0.717) is 11.8 Å². The van der Waals surface area contributed by atoms with E-state index in [1.54, 1.807) is 11.3 Å². The smallest absolute Gasteiger partial charge is 0.407 e. The highest BCUT2D eigenvalue weighted by Gasteiger charge is 2.45. The fourth-order valence-corrected chi connectivity index (χ4v) is 4.27. The van der Waals surface area contributed by atoms with Crippen molar-refractivity contribution in [3.63, 3.8) is 0 Å². The molecule has 2 fully saturated rings. The summed E-state index contributed by atoms with van der Waals surface area (Å²) in [6.07, 6.45) is 1.67. The van der Waals surface area contributed by atoms with E-state index in [4.69, 9.17) is 4.74 Å². The molecule has 23 heavy (non-hydrogen) atoms. The summed E-state index contributed by atoms with van der Waals surface area (Å²) in [4.78, 5) is 26.4. The van der Waals surface area contributed by atoms with Crippen LogP contribution >= 0.6 is 11.3 Å². The maximum absolute atomic E-state index is 12.5. The van der Waals surface area contributed by atoms with Crippen molar-refractivity contribution < 1.29 is 14.3 Å². The van der Waals surface area contributed by atoms with E-state index in [0.717, 1.165) is 31.5 Å². The van der Waals surface area contributed by atoms with Crippen LogP contribution in [0.3, 0.4) is 0 Å². The van der Waals surface area contributed by atoms with Crippen LogP contribution in [0.15, 0.2) is 16.8 Å². The van der Waals surface area contributed by atoms with Crippen molar-refractivity contribution in [1.29, 1.82) is 0 Å². The molecule has 2 aliphatic rings. The number of ether oxygens (including phenoxy) is 1. The van der Waals surface area contributed by atoms with Gasteiger partial charge in [-0.1, -0.05) is 0 Å². The van der Waals surface area contributed by atoms with Crippen LogP contribution in [-0.4, -0.2) is 41.6 Å². The predicted octanol–water partition coefficient (Wildman–Crippen LogP) is 3.12. The van der Waals surface area contributed by atoms with Crippen LogP contribution < -0.4 is 5.32 Å². The molecule has 3 atom stereocenters. The molecule has 3 rings (SSSR count). The van der Waals surface area contributed by atoms with Gasteiger partial charge in [-0.05, 0) is 51.0 Å². The summed E-state index contributed by atoms with van der Waals surface area (Å²) in [5.74, 6) is 0.930. The molecule has 0 spiro atoms. The second-order valence-electron chi connectivity index (χ2n) is 7.48. The summed E-state index contributed by atoms with van der Waals surface area (Å²) >= 11 is 1.54. The molecule has 1 aliphatic heterocycles. The van der Waals surface area contributed by atoms with Gasteiger partial charge in [-0.2, -0.15) is 11.3 Å². The number of carbonyl (C=O) groups is 2. The molecule has 0 aromatic carbocycles. The summed E-state index contributed by atoms with van der Waals surface area (Å²) in [5.41, 5.74) is 0.283. The molecule has 2 amide bonds. The summed E-state index contributed by atoms with van der Waals surface area (Å²) in [7, 11) is 0. The fraction of sp³-hybridized carbons (Fsp3) is 0.647. The average molecular weight is 336 g/mol. The molecule has 1 aromatic heterocycles. The van der Waals surface area contributed by atoms with Crippen molar-refractivity contribution in [2.45, 2.75) is 45.3 Å². The van der Waals surface area contributed by atoms with Crippen LogP contribution in [0.4, 0.5) is 4.79 Å². The molecule has 6 heteroatoms. The van der Waals surface area contributed by atoms with Gasteiger partial charge < -0.3 is 15.0 Å². The number of rotatable bonds is 2. The Kier molecular flexibility index (Phi) is 4.36. The van der Waals surface area contributed by atoms with Crippen molar-refractivity contribution in [1.82, 2.24) is 10.2 Å². The van der Waals surface area contributed by atoms with E-state index in [2.05, 4.69) is 5.32 Å². The SMILES string of the molecule is CC(C)(C)OC(=O)NC1CCC2CN(C(=O)c3ccsc3)CC21. The maximum atomic E-state index is 12.5. The van der Waals surface area contributed by atoms with Crippen molar-refractivity contribution >= 4 is 23.3 Å². The average Bonchev–Trinajstić information content (AvgIpc) is 3.13. The second kappa shape index (κ2) is 6.15. The number of fused-ring (bicyclic) bond motifs is 1. The number of nitrogens with zero attached hydrogens (tertiary/aromatic N) is 1. The molecular weight excluding hydrogens is 312 g/mol. The Balaban J connectivity index is 1.59. The highest BCUT2D eigenvalue weighted by Crippen LogP contribution is 2.38. The third kappa shape index (κ3) is 3.68. The van der Waals surface area contributed by atoms with Crippen LogP contribution in [0, 0.1) is 11.8 Å². The monoisotopic (exact) mass is 336 g/mol. The lowest BCUT2D eigenvalue weighted by Crippen LogP contribution is -2.42. The van der Waals surface area contributed by atoms with Gasteiger partial charge in [0, 0.05) is 30.4 Å². The summed E-state index contributed by atoms with van der Waals surface area (Å²) < 4.78 is 5.35. The minimum absolute atomic E-state index is 0.107. The zero-order valence-electron chi connectivity index (χ0n) is 13.9. The van der Waals surface area contributed by atoms with Crippen LogP contribution in [-0.2, 0) is 4.74 Å². The molecule has 1 aromatic rings. The lowest BCUT2D eigenvalue weighted by molar-refractivity contribution is 0.0491. The van der Waals surface area contributed by atoms with Gasteiger partial charge in [0.15, 0.2) is 0 Å². The van der Waals surface area contributed by atoms with Crippen molar-refractivity contribution in [3.8, 4) is 0 Å². The van der Waals surface area contributed by atoms with E-state index >= 15 is 0 Å². The Morgan fingerprint density at radius 3 is 2.74 bits per heavy atom. The van der Waals surface area contributed by atoms with Gasteiger partial charge in [-0.15, -0.1) is 0 Å². The quantitative estimate of drug-likeness (QED) is 0.903. The van der Waals surface area contributed by atoms with Crippen LogP contribution in [0.5, 0.6) is 0 Å². The number of hydrogen-bond donors (Lipinski definition) is 1. The number of thiophene rings is 1. The van der Waals surface area contributed by atoms with Gasteiger partial charge in [0.25, 0.3) is 5.91 Å². The van der Waals surface area contributed by atoms with E-state index in [1.165, 1.54) is 0 Å². The van der Waals surface area contributed by atoms with Crippen molar-refractivity contribution in [2.24, 2.45) is 11.8 Å². The molecule has 1 aliphatic carbocycles. The summed E-state index contributed by atoms with van der Waals surface area (Å²) in [6.45, 7) is 7.11. The Morgan fingerprint density at radius 1 is 1.30 bits per heavy atom. The Bertz CT molecular complexity index is 579. The number of carbonyl (C=O) groups excluding carboxylic acids is 2. The van der Waals surface area contributed by atoms with Gasteiger partial charge in [0.2, 0.25) is 0 Å². The van der Waals surface area contributed by atoms with Gasteiger partial charge in [0.1, 0.15) is 5.60 Å². The lowest BCUT2D eigenvalue weighted by atomic mass is 9.98. The maximum Gasteiger partial charge on any atom is 0.407 e. The van der Waals surface area contributed by atoms with Gasteiger partial charge in [0.05, 0.1) is 5.56 Å². The zero-order chi connectivity index (χ0) is 16.6. The molecule has 2 heterocycles. The van der Waals surface area contributed by atoms with Crippen molar-refractivity contribution in [2.75, 3.05) is 13.1 Å². The number of likely N-dealkylation sites (tertiary alicyclic amines) is 1. The minimum atomic E-state index is -0.487. The Labute approximate surface area is 141 Å². The van der Waals surface area contributed by atoms with Gasteiger partial charge >= 0.3 is 6.09 Å². The number of nitrogens with one attached hydrogen (secondary N) is 1. The molecule has 1 N–H and O–H groups in total. The van der Waals surface area contributed by atoms with Gasteiger partial charge in [-0.3, -0.25) is 4.79 Å². The standard InChI is InChI=1S/C17H24N2O3S/c1-17(2,3)22-16(21)18-14-5-4-11-8-19(9-13(11)14)15(20)12-6-7-23-10-12/h6-7,10-11,13-14H,4-5,8-9H2,1-3H3,(H,18,21). The third-order valence-corrected chi connectivity index (χ3v) is 5.30. The molecule has 126 valence electrons. The lowest BCUT2D eigenvalue weighted by Gasteiger charge is -2.25. The Morgan fingerprint density at radius 2 is 2.09 bits per heavy atom. The molecule has 1 saturated carbocycles. The molecule has 3 unspecified atom stereocenters. The number of alkyl carbamates (subject to hydrolysis) is 1. The Hall–Kier alpha value is -1.56. The third-order valence-electron chi connectivity index (χ3n) is 4.61. The first kappa shape index (κ1) is 16.3. The molecule has 0 bridgehead atoms. The zero-order valence-corrected chi connectivity index (χ0v) is 14.7. The fourth-order valence-electron chi connectivity index (χ4n) is 3.64. The highest BCUT2D eigenvalue weighted by molar-refractivity contribution is 7.08. The van der Waals surface area contributed by atoms with E-state index < -0.39 is 5.60 Å². The van der Waals surface area contributed by atoms with E-state index in [-0.39, 0.29) is 18.0 Å². The second-order valence-corrected chi connectivity index (χ2v) is 8.26. The van der Waals surface area contributed by atoms with Crippen molar-refractivity contribution in [3.05, 3.63) is 22.4 Å². The first-order valence-electron chi connectivity index (χ1n) is 8.14. The van der Waals surface area contributed by atoms with E-state index in [1.807, 2.05) is 42.5 Å². The largest absolute Gasteiger partial charge is 0.444 e. The number of hydrogen-bond acceptors (Lipinski definition) is 4. The number of amides is 2. The normalized spacial score (nSPS) is 26.9.